The second-order valence-electron chi connectivity index (χ2n) is 9.65. The van der Waals surface area contributed by atoms with Crippen LogP contribution < -0.4 is 14.4 Å². The van der Waals surface area contributed by atoms with Crippen molar-refractivity contribution in [1.29, 1.82) is 0 Å². The number of hydrogen-bond acceptors (Lipinski definition) is 7. The van der Waals surface area contributed by atoms with Crippen LogP contribution in [-0.2, 0) is 16.0 Å². The number of amides is 1. The molecule has 0 saturated carbocycles. The molecule has 0 spiro atoms. The third-order valence-electron chi connectivity index (χ3n) is 6.81. The molecule has 9 heteroatoms. The van der Waals surface area contributed by atoms with Gasteiger partial charge in [0.2, 0.25) is 0 Å². The van der Waals surface area contributed by atoms with Crippen LogP contribution in [0.1, 0.15) is 43.0 Å². The maximum absolute atomic E-state index is 13.9. The molecule has 1 N–H and O–H groups in total. The number of halogens is 1. The summed E-state index contributed by atoms with van der Waals surface area (Å²) in [5.41, 5.74) is 2.36. The highest BCUT2D eigenvalue weighted by atomic mass is 32.1. The van der Waals surface area contributed by atoms with E-state index in [4.69, 9.17) is 9.47 Å². The van der Waals surface area contributed by atoms with E-state index in [0.29, 0.717) is 40.1 Å². The molecule has 0 unspecified atom stereocenters. The maximum Gasteiger partial charge on any atom is 0.301 e. The first-order valence-electron chi connectivity index (χ1n) is 12.7. The van der Waals surface area contributed by atoms with Crippen molar-refractivity contribution in [2.24, 2.45) is 0 Å². The summed E-state index contributed by atoms with van der Waals surface area (Å²) < 4.78 is 26.0. The number of thiazole rings is 1. The number of aliphatic hydroxyl groups excluding tert-OH is 1. The lowest BCUT2D eigenvalue weighted by atomic mass is 9.94. The predicted molar refractivity (Wildman–Crippen MR) is 147 cm³/mol. The van der Waals surface area contributed by atoms with E-state index < -0.39 is 23.5 Å². The lowest BCUT2D eigenvalue weighted by Gasteiger charge is -2.23. The number of ether oxygens (including phenoxy) is 2. The number of hydrogen-bond donors (Lipinski definition) is 1. The number of anilines is 1. The zero-order valence-electron chi connectivity index (χ0n) is 21.3. The molecule has 1 fully saturated rings. The topological polar surface area (TPSA) is 89.0 Å². The van der Waals surface area contributed by atoms with E-state index in [1.54, 1.807) is 42.5 Å². The van der Waals surface area contributed by atoms with Crippen molar-refractivity contribution < 1.29 is 28.6 Å². The first-order chi connectivity index (χ1) is 18.8. The average Bonchev–Trinajstić information content (AvgIpc) is 3.59. The van der Waals surface area contributed by atoms with Gasteiger partial charge in [-0.1, -0.05) is 30.4 Å². The molecular weight excluding hydrogens is 519 g/mol. The number of carbonyl (C=O) groups is 2. The van der Waals surface area contributed by atoms with Gasteiger partial charge >= 0.3 is 5.91 Å². The van der Waals surface area contributed by atoms with Gasteiger partial charge in [-0.25, -0.2) is 9.37 Å². The fourth-order valence-corrected chi connectivity index (χ4v) is 6.07. The van der Waals surface area contributed by atoms with Gasteiger partial charge in [-0.3, -0.25) is 14.5 Å². The third kappa shape index (κ3) is 4.42. The van der Waals surface area contributed by atoms with E-state index >= 15 is 0 Å². The normalized spacial score (nSPS) is 19.9. The van der Waals surface area contributed by atoms with Crippen molar-refractivity contribution in [3.63, 3.8) is 0 Å². The average molecular weight is 545 g/mol. The molecule has 7 nitrogen and oxygen atoms in total. The van der Waals surface area contributed by atoms with Gasteiger partial charge in [-0.2, -0.15) is 0 Å². The van der Waals surface area contributed by atoms with Crippen LogP contribution in [0.3, 0.4) is 0 Å². The van der Waals surface area contributed by atoms with E-state index in [1.165, 1.54) is 23.1 Å². The van der Waals surface area contributed by atoms with Crippen molar-refractivity contribution in [3.8, 4) is 11.5 Å². The Bertz CT molecular complexity index is 1660. The Morgan fingerprint density at radius 1 is 1.18 bits per heavy atom. The Morgan fingerprint density at radius 2 is 2.03 bits per heavy atom. The number of benzene rings is 3. The van der Waals surface area contributed by atoms with Gasteiger partial charge in [0.15, 0.2) is 5.13 Å². The molecule has 0 bridgehead atoms. The molecule has 1 aromatic heterocycles. The van der Waals surface area contributed by atoms with Crippen LogP contribution in [0, 0.1) is 5.82 Å². The summed E-state index contributed by atoms with van der Waals surface area (Å²) in [6, 6.07) is 15.6. The van der Waals surface area contributed by atoms with Crippen molar-refractivity contribution >= 4 is 44.1 Å². The van der Waals surface area contributed by atoms with Crippen LogP contribution in [-0.4, -0.2) is 34.5 Å². The van der Waals surface area contributed by atoms with Crippen LogP contribution >= 0.6 is 11.3 Å². The quantitative estimate of drug-likeness (QED) is 0.177. The summed E-state index contributed by atoms with van der Waals surface area (Å²) >= 11 is 1.11. The van der Waals surface area contributed by atoms with Crippen LogP contribution in [0.15, 0.2) is 66.2 Å². The highest BCUT2D eigenvalue weighted by Gasteiger charge is 2.48. The molecule has 39 heavy (non-hydrogen) atoms. The Labute approximate surface area is 228 Å². The largest absolute Gasteiger partial charge is 0.507 e. The molecule has 3 heterocycles. The molecule has 2 aliphatic heterocycles. The van der Waals surface area contributed by atoms with Crippen molar-refractivity contribution in [3.05, 3.63) is 88.7 Å². The van der Waals surface area contributed by atoms with E-state index in [9.17, 15) is 19.1 Å². The molecule has 198 valence electrons. The summed E-state index contributed by atoms with van der Waals surface area (Å²) in [7, 11) is 0. The predicted octanol–water partition coefficient (Wildman–Crippen LogP) is 6.17. The first-order valence-corrected chi connectivity index (χ1v) is 13.6. The number of carbonyl (C=O) groups excluding carboxylic acids is 2. The van der Waals surface area contributed by atoms with E-state index in [2.05, 4.69) is 4.98 Å². The Balaban J connectivity index is 1.52. The van der Waals surface area contributed by atoms with Crippen LogP contribution in [0.2, 0.25) is 0 Å². The zero-order chi connectivity index (χ0) is 27.3. The van der Waals surface area contributed by atoms with Gasteiger partial charge in [0.05, 0.1) is 28.4 Å². The van der Waals surface area contributed by atoms with Crippen LogP contribution in [0.25, 0.3) is 16.0 Å². The van der Waals surface area contributed by atoms with E-state index in [0.717, 1.165) is 29.1 Å². The van der Waals surface area contributed by atoms with Gasteiger partial charge in [0.1, 0.15) is 29.2 Å². The molecule has 4 aromatic rings. The fourth-order valence-electron chi connectivity index (χ4n) is 5.05. The summed E-state index contributed by atoms with van der Waals surface area (Å²) in [4.78, 5) is 32.9. The third-order valence-corrected chi connectivity index (χ3v) is 7.82. The number of Topliss-reactive ketones (excluding diaryl/α,β-unsaturated/α-hetero) is 1. The molecule has 1 amide bonds. The SMILES string of the molecule is CCCOc1cccc([C@@H]2C(=C(O)c3ccc4c(c3)C[C@H](C)O4)C(=O)C(=O)N2c2nc3ccc(F)cc3s2)c1. The van der Waals surface area contributed by atoms with Crippen LogP contribution in [0.5, 0.6) is 11.5 Å². The number of rotatable bonds is 6. The standard InChI is InChI=1S/C30H25FN2O5S/c1-3-11-37-21-6-4-5-17(14-21)26-25(27(34)18-7-10-23-19(13-18)12-16(2)38-23)28(35)29(36)33(26)30-32-22-9-8-20(31)15-24(22)39-30/h4-10,13-16,26,34H,3,11-12H2,1-2H3/t16-,26+/m0/s1. The molecule has 0 radical (unpaired) electrons. The molecule has 1 saturated heterocycles. The minimum absolute atomic E-state index is 0.0118. The molecule has 2 atom stereocenters. The molecule has 3 aromatic carbocycles. The highest BCUT2D eigenvalue weighted by molar-refractivity contribution is 7.22. The van der Waals surface area contributed by atoms with E-state index in [-0.39, 0.29) is 22.6 Å². The number of aromatic nitrogens is 1. The number of aliphatic hydroxyl groups is 1. The molecular formula is C30H25FN2O5S. The number of nitrogens with zero attached hydrogens (tertiary/aromatic N) is 2. The van der Waals surface area contributed by atoms with Crippen molar-refractivity contribution in [2.75, 3.05) is 11.5 Å². The lowest BCUT2D eigenvalue weighted by molar-refractivity contribution is -0.132. The zero-order valence-corrected chi connectivity index (χ0v) is 22.1. The summed E-state index contributed by atoms with van der Waals surface area (Å²) in [5.74, 6) is -1.04. The Morgan fingerprint density at radius 3 is 2.85 bits per heavy atom. The van der Waals surface area contributed by atoms with E-state index in [1.807, 2.05) is 13.8 Å². The lowest BCUT2D eigenvalue weighted by Crippen LogP contribution is -2.29. The highest BCUT2D eigenvalue weighted by Crippen LogP contribution is 2.45. The minimum atomic E-state index is -0.969. The van der Waals surface area contributed by atoms with Gasteiger partial charge in [0, 0.05) is 12.0 Å². The summed E-state index contributed by atoms with van der Waals surface area (Å²) in [6.45, 7) is 4.46. The summed E-state index contributed by atoms with van der Waals surface area (Å²) in [6.07, 6.45) is 1.50. The van der Waals surface area contributed by atoms with Crippen molar-refractivity contribution in [1.82, 2.24) is 4.98 Å². The summed E-state index contributed by atoms with van der Waals surface area (Å²) in [5, 5.41) is 11.8. The molecule has 0 aliphatic carbocycles. The smallest absolute Gasteiger partial charge is 0.301 e. The molecule has 6 rings (SSSR count). The van der Waals surface area contributed by atoms with Crippen molar-refractivity contribution in [2.45, 2.75) is 38.8 Å². The van der Waals surface area contributed by atoms with Gasteiger partial charge in [-0.15, -0.1) is 0 Å². The number of ketones is 1. The number of fused-ring (bicyclic) bond motifs is 2. The minimum Gasteiger partial charge on any atom is -0.507 e. The Kier molecular flexibility index (Phi) is 6.31. The fraction of sp³-hybridized carbons (Fsp3) is 0.233. The van der Waals surface area contributed by atoms with Gasteiger partial charge in [-0.05, 0) is 73.0 Å². The maximum atomic E-state index is 13.9. The second kappa shape index (κ2) is 9.81. The monoisotopic (exact) mass is 544 g/mol. The first kappa shape index (κ1) is 25.1. The van der Waals surface area contributed by atoms with Crippen LogP contribution in [0.4, 0.5) is 9.52 Å². The second-order valence-corrected chi connectivity index (χ2v) is 10.7. The van der Waals surface area contributed by atoms with Gasteiger partial charge < -0.3 is 14.6 Å². The molecule has 2 aliphatic rings. The Hall–Kier alpha value is -4.24. The van der Waals surface area contributed by atoms with Gasteiger partial charge in [0.25, 0.3) is 5.78 Å².